The van der Waals surface area contributed by atoms with Gasteiger partial charge in [-0.05, 0) is 85.3 Å². The summed E-state index contributed by atoms with van der Waals surface area (Å²) in [5.41, 5.74) is 8.29. The van der Waals surface area contributed by atoms with Crippen molar-refractivity contribution in [1.29, 1.82) is 0 Å². The molecule has 0 saturated carbocycles. The number of β-amino-alcohol motifs (C(OH)–C–C–N with tert-alkyl or cyclic N) is 1. The normalized spacial score (nSPS) is 18.1. The van der Waals surface area contributed by atoms with Crippen molar-refractivity contribution in [2.75, 3.05) is 51.3 Å². The van der Waals surface area contributed by atoms with Crippen LogP contribution in [0.25, 0.3) is 21.6 Å². The predicted molar refractivity (Wildman–Crippen MR) is 296 cm³/mol. The van der Waals surface area contributed by atoms with Gasteiger partial charge in [0, 0.05) is 107 Å². The minimum absolute atomic E-state index is 0.0170. The van der Waals surface area contributed by atoms with Crippen LogP contribution in [0.2, 0.25) is 0 Å². The summed E-state index contributed by atoms with van der Waals surface area (Å²) in [6.07, 6.45) is 6.12. The van der Waals surface area contributed by atoms with Gasteiger partial charge in [0.15, 0.2) is 5.82 Å². The number of fused-ring (bicyclic) bond motifs is 2. The zero-order chi connectivity index (χ0) is 56.0. The molecule has 2 aromatic carbocycles. The van der Waals surface area contributed by atoms with Gasteiger partial charge in [0.05, 0.1) is 41.0 Å². The van der Waals surface area contributed by atoms with E-state index in [4.69, 9.17) is 9.84 Å². The molecular formula is C57H74F2N12O7S. The van der Waals surface area contributed by atoms with Gasteiger partial charge in [-0.25, -0.2) is 18.6 Å². The lowest BCUT2D eigenvalue weighted by Crippen LogP contribution is -2.57. The number of aryl methyl sites for hydroxylation is 2. The Bertz CT molecular complexity index is 2980. The third-order valence-electron chi connectivity index (χ3n) is 15.6. The third-order valence-corrected chi connectivity index (χ3v) is 16.6. The summed E-state index contributed by atoms with van der Waals surface area (Å²) in [4.78, 5) is 77.3. The molecule has 424 valence electrons. The molecule has 3 atom stereocenters. The van der Waals surface area contributed by atoms with E-state index < -0.39 is 35.9 Å². The van der Waals surface area contributed by atoms with Gasteiger partial charge in [0.2, 0.25) is 23.6 Å². The number of nitrogens with zero attached hydrogens (tertiary/aromatic N) is 8. The van der Waals surface area contributed by atoms with Crippen molar-refractivity contribution in [2.45, 2.75) is 149 Å². The van der Waals surface area contributed by atoms with E-state index in [1.807, 2.05) is 68.4 Å². The number of ether oxygens (including phenoxy) is 1. The molecule has 5 N–H and O–H groups in total. The van der Waals surface area contributed by atoms with Crippen LogP contribution in [0.15, 0.2) is 54.3 Å². The Kier molecular flexibility index (Phi) is 18.1. The highest BCUT2D eigenvalue weighted by atomic mass is 32.1. The SMILES string of the molecule is CNC(=O)N1CCc2c(c(N3CCCc4cc(-c5cnn(CC(=O)NCCCCCCC(=O)N[C@H](C(=O)N6C[C@H](O)C[C@H]6C(=O)NCc6ccc(-c7scnc7C)cc6)C(C)(C)C)c5)c(C(F)F)cc43)nn2C2CCOCC2)C1. The van der Waals surface area contributed by atoms with Crippen LogP contribution >= 0.6 is 11.3 Å². The quantitative estimate of drug-likeness (QED) is 0.0524. The van der Waals surface area contributed by atoms with Crippen molar-refractivity contribution < 1.29 is 42.6 Å². The van der Waals surface area contributed by atoms with E-state index in [0.717, 1.165) is 64.2 Å². The molecule has 4 aliphatic rings. The largest absolute Gasteiger partial charge is 0.391 e. The number of alkyl halides is 2. The molecule has 0 unspecified atom stereocenters. The van der Waals surface area contributed by atoms with Crippen LogP contribution in [0.5, 0.6) is 0 Å². The van der Waals surface area contributed by atoms with Gasteiger partial charge in [-0.3, -0.25) is 28.5 Å². The summed E-state index contributed by atoms with van der Waals surface area (Å²) < 4.78 is 39.4. The van der Waals surface area contributed by atoms with Gasteiger partial charge in [0.1, 0.15) is 18.6 Å². The molecule has 4 aliphatic heterocycles. The Labute approximate surface area is 463 Å². The standard InChI is InChI=1S/C57H74F2N12O7S/c1-35-50(79-34-63-35)37-15-13-36(14-16-37)28-62-54(75)47-26-41(72)31-70(47)55(76)51(57(2,3)4)65-48(73)12-8-6-7-9-20-61-49(74)33-68-30-39(29-64-68)42-25-38-11-10-21-69(46(38)27-43(42)52(58)59)53-44-32-67(56(77)60-5)22-17-45(44)71(66-53)40-18-23-78-24-19-40/h13-16,25,27,29-30,34,40-41,47,51-52,72H,6-12,17-24,26,28,31-33H2,1-5H3,(H,60,77)(H,61,74)(H,62,75)(H,65,73)/t41-,47+,51-/m1/s1. The first-order chi connectivity index (χ1) is 38.0. The molecular weight excluding hydrogens is 1030 g/mol. The zero-order valence-electron chi connectivity index (χ0n) is 45.9. The number of aliphatic hydroxyl groups excluding tert-OH is 1. The minimum atomic E-state index is -2.79. The molecule has 5 aromatic rings. The van der Waals surface area contributed by atoms with Gasteiger partial charge in [-0.15, -0.1) is 11.3 Å². The van der Waals surface area contributed by atoms with Crippen LogP contribution < -0.4 is 26.2 Å². The van der Waals surface area contributed by atoms with Crippen molar-refractivity contribution in [1.82, 2.24) is 55.6 Å². The highest BCUT2D eigenvalue weighted by Gasteiger charge is 2.44. The Morgan fingerprint density at radius 1 is 0.949 bits per heavy atom. The summed E-state index contributed by atoms with van der Waals surface area (Å²) in [7, 11) is 1.61. The summed E-state index contributed by atoms with van der Waals surface area (Å²) in [5, 5.41) is 31.7. The van der Waals surface area contributed by atoms with Crippen molar-refractivity contribution in [2.24, 2.45) is 5.41 Å². The number of hydrogen-bond acceptors (Lipinski definition) is 12. The number of unbranched alkanes of at least 4 members (excludes halogenated alkanes) is 3. The van der Waals surface area contributed by atoms with Gasteiger partial charge < -0.3 is 45.8 Å². The third kappa shape index (κ3) is 13.3. The molecule has 9 rings (SSSR count). The molecule has 19 nitrogen and oxygen atoms in total. The number of thiazole rings is 1. The minimum Gasteiger partial charge on any atom is -0.391 e. The highest BCUT2D eigenvalue weighted by Crippen LogP contribution is 2.44. The van der Waals surface area contributed by atoms with Crippen LogP contribution in [0, 0.1) is 12.3 Å². The number of amides is 6. The molecule has 2 fully saturated rings. The number of nitrogens with one attached hydrogen (secondary N) is 4. The summed E-state index contributed by atoms with van der Waals surface area (Å²) >= 11 is 1.57. The van der Waals surface area contributed by atoms with E-state index in [1.165, 1.54) is 15.8 Å². The fourth-order valence-electron chi connectivity index (χ4n) is 11.3. The van der Waals surface area contributed by atoms with E-state index in [-0.39, 0.29) is 67.8 Å². The Morgan fingerprint density at radius 2 is 1.72 bits per heavy atom. The Balaban J connectivity index is 0.737. The summed E-state index contributed by atoms with van der Waals surface area (Å²) in [6.45, 7) is 10.8. The number of likely N-dealkylation sites (tertiary alicyclic amines) is 1. The average molecular weight is 1110 g/mol. The number of rotatable bonds is 19. The first-order valence-corrected chi connectivity index (χ1v) is 28.6. The maximum atomic E-state index is 15.1. The fraction of sp³-hybridized carbons (Fsp3) is 0.544. The second kappa shape index (κ2) is 25.1. The smallest absolute Gasteiger partial charge is 0.317 e. The van der Waals surface area contributed by atoms with E-state index >= 15 is 8.78 Å². The number of aromatic nitrogens is 5. The molecule has 7 heterocycles. The molecule has 22 heteroatoms. The van der Waals surface area contributed by atoms with Crippen molar-refractivity contribution >= 4 is 52.5 Å². The van der Waals surface area contributed by atoms with Crippen LogP contribution in [0.1, 0.15) is 125 Å². The van der Waals surface area contributed by atoms with Gasteiger partial charge >= 0.3 is 6.03 Å². The number of carbonyl (C=O) groups is 5. The molecule has 79 heavy (non-hydrogen) atoms. The number of carbonyl (C=O) groups excluding carboxylic acids is 5. The maximum Gasteiger partial charge on any atom is 0.317 e. The summed E-state index contributed by atoms with van der Waals surface area (Å²) in [5.74, 6) is -0.667. The average Bonchev–Trinajstić information content (AvgIpc) is 4.31. The number of hydrogen-bond donors (Lipinski definition) is 5. The van der Waals surface area contributed by atoms with Crippen LogP contribution in [0.3, 0.4) is 0 Å². The molecule has 2 saturated heterocycles. The molecule has 0 aliphatic carbocycles. The number of benzene rings is 2. The Hall–Kier alpha value is -6.78. The first kappa shape index (κ1) is 56.9. The van der Waals surface area contributed by atoms with E-state index in [2.05, 4.69) is 36.0 Å². The van der Waals surface area contributed by atoms with Gasteiger partial charge in [-0.1, -0.05) is 57.9 Å². The molecule has 0 spiro atoms. The maximum absolute atomic E-state index is 15.1. The number of halogens is 2. The second-order valence-corrected chi connectivity index (χ2v) is 23.1. The van der Waals surface area contributed by atoms with Crippen LogP contribution in [-0.2, 0) is 56.4 Å². The monoisotopic (exact) mass is 1110 g/mol. The van der Waals surface area contributed by atoms with Crippen LogP contribution in [0.4, 0.5) is 25.1 Å². The molecule has 6 amide bonds. The fourth-order valence-corrected chi connectivity index (χ4v) is 12.1. The molecule has 0 radical (unpaired) electrons. The topological polar surface area (TPSA) is 221 Å². The lowest BCUT2D eigenvalue weighted by atomic mass is 9.85. The molecule has 3 aromatic heterocycles. The van der Waals surface area contributed by atoms with Crippen molar-refractivity contribution in [3.8, 4) is 21.6 Å². The van der Waals surface area contributed by atoms with Crippen molar-refractivity contribution in [3.63, 3.8) is 0 Å². The van der Waals surface area contributed by atoms with Gasteiger partial charge in [-0.2, -0.15) is 10.2 Å². The summed E-state index contributed by atoms with van der Waals surface area (Å²) in [6, 6.07) is 9.40. The lowest BCUT2D eigenvalue weighted by molar-refractivity contribution is -0.144. The highest BCUT2D eigenvalue weighted by molar-refractivity contribution is 7.13. The van der Waals surface area contributed by atoms with E-state index in [0.29, 0.717) is 94.1 Å². The van der Waals surface area contributed by atoms with E-state index in [9.17, 15) is 29.1 Å². The number of aliphatic hydroxyl groups is 1. The predicted octanol–water partition coefficient (Wildman–Crippen LogP) is 7.13. The second-order valence-electron chi connectivity index (χ2n) is 22.3. The number of anilines is 2. The molecule has 0 bridgehead atoms. The van der Waals surface area contributed by atoms with Crippen LogP contribution in [-0.4, -0.2) is 134 Å². The lowest BCUT2D eigenvalue weighted by Gasteiger charge is -2.35. The van der Waals surface area contributed by atoms with Gasteiger partial charge in [0.25, 0.3) is 6.43 Å². The first-order valence-electron chi connectivity index (χ1n) is 27.7. The number of urea groups is 1. The zero-order valence-corrected chi connectivity index (χ0v) is 46.7. The van der Waals surface area contributed by atoms with E-state index in [1.54, 1.807) is 35.5 Å². The van der Waals surface area contributed by atoms with Crippen molar-refractivity contribution in [3.05, 3.63) is 87.9 Å². The Morgan fingerprint density at radius 3 is 2.44 bits per heavy atom.